The maximum Gasteiger partial charge on any atom is 0.407 e. The van der Waals surface area contributed by atoms with Gasteiger partial charge in [-0.15, -0.1) is 0 Å². The van der Waals surface area contributed by atoms with Crippen LogP contribution < -0.4 is 11.0 Å². The molecule has 1 saturated heterocycles. The second-order valence-corrected chi connectivity index (χ2v) is 14.8. The third kappa shape index (κ3) is 8.36. The molecular weight excluding hydrogens is 644 g/mol. The number of piperidine rings is 1. The fourth-order valence-corrected chi connectivity index (χ4v) is 7.10. The molecule has 51 heavy (non-hydrogen) atoms. The molecule has 0 spiro atoms. The van der Waals surface area contributed by atoms with E-state index in [9.17, 15) is 14.4 Å². The van der Waals surface area contributed by atoms with Gasteiger partial charge in [0.05, 0.1) is 27.8 Å². The summed E-state index contributed by atoms with van der Waals surface area (Å²) >= 11 is 0. The van der Waals surface area contributed by atoms with E-state index in [0.29, 0.717) is 26.1 Å². The molecule has 0 aliphatic carbocycles. The van der Waals surface area contributed by atoms with Gasteiger partial charge in [0.2, 0.25) is 5.91 Å². The molecule has 0 bridgehead atoms. The lowest BCUT2D eigenvalue weighted by Gasteiger charge is -2.34. The van der Waals surface area contributed by atoms with Gasteiger partial charge in [-0.3, -0.25) is 9.36 Å². The van der Waals surface area contributed by atoms with Gasteiger partial charge >= 0.3 is 11.8 Å². The first-order valence-corrected chi connectivity index (χ1v) is 17.9. The van der Waals surface area contributed by atoms with Crippen molar-refractivity contribution < 1.29 is 19.1 Å². The van der Waals surface area contributed by atoms with E-state index in [1.807, 2.05) is 94.1 Å². The van der Waals surface area contributed by atoms with Gasteiger partial charge in [-0.05, 0) is 113 Å². The third-order valence-corrected chi connectivity index (χ3v) is 9.67. The molecule has 11 nitrogen and oxygen atoms in total. The number of amides is 2. The van der Waals surface area contributed by atoms with Gasteiger partial charge in [-0.1, -0.05) is 24.3 Å². The Balaban J connectivity index is 1.20. The minimum absolute atomic E-state index is 0.0181. The Morgan fingerprint density at radius 1 is 1.04 bits per heavy atom. The minimum Gasteiger partial charge on any atom is -0.444 e. The van der Waals surface area contributed by atoms with E-state index in [4.69, 9.17) is 14.5 Å². The van der Waals surface area contributed by atoms with Crippen LogP contribution in [0.4, 0.5) is 4.79 Å². The number of ether oxygens (including phenoxy) is 2. The molecule has 2 amide bonds. The molecule has 6 rings (SSSR count). The summed E-state index contributed by atoms with van der Waals surface area (Å²) in [6.45, 7) is 12.2. The predicted octanol–water partition coefficient (Wildman–Crippen LogP) is 6.55. The summed E-state index contributed by atoms with van der Waals surface area (Å²) in [6, 6.07) is 19.4. The highest BCUT2D eigenvalue weighted by atomic mass is 16.6. The Morgan fingerprint density at radius 3 is 2.53 bits per heavy atom. The number of aryl methyl sites for hydroxylation is 3. The quantitative estimate of drug-likeness (QED) is 0.151. The van der Waals surface area contributed by atoms with E-state index in [1.54, 1.807) is 11.7 Å². The molecule has 2 N–H and O–H groups in total. The van der Waals surface area contributed by atoms with Crippen LogP contribution in [-0.2, 0) is 27.2 Å². The number of nitrogens with zero attached hydrogens (tertiary/aromatic N) is 4. The highest BCUT2D eigenvalue weighted by molar-refractivity contribution is 5.80. The van der Waals surface area contributed by atoms with Gasteiger partial charge in [0, 0.05) is 51.7 Å². The number of benzene rings is 3. The van der Waals surface area contributed by atoms with Gasteiger partial charge in [0.1, 0.15) is 11.4 Å². The van der Waals surface area contributed by atoms with Crippen LogP contribution in [-0.4, -0.2) is 74.5 Å². The van der Waals surface area contributed by atoms with Crippen LogP contribution in [0.2, 0.25) is 0 Å². The number of aromatic nitrogens is 4. The fourth-order valence-electron chi connectivity index (χ4n) is 7.10. The summed E-state index contributed by atoms with van der Waals surface area (Å²) in [7, 11) is 1.71. The number of carbonyl (C=O) groups is 2. The highest BCUT2D eigenvalue weighted by Gasteiger charge is 2.31. The SMILES string of the molecule is COCCCn1c(C2CCCN(C(=O)CC(Cc3ccc(-n4c(=O)[nH]c5cc(C)c(C)cc54)cc3)NC(=O)OC(C)(C)C)C2)nc2ccccc21. The lowest BCUT2D eigenvalue weighted by molar-refractivity contribution is -0.133. The van der Waals surface area contributed by atoms with Crippen molar-refractivity contribution in [3.8, 4) is 5.69 Å². The summed E-state index contributed by atoms with van der Waals surface area (Å²) in [5.74, 6) is 1.09. The van der Waals surface area contributed by atoms with Crippen molar-refractivity contribution in [3.63, 3.8) is 0 Å². The van der Waals surface area contributed by atoms with Gasteiger partial charge in [-0.25, -0.2) is 14.6 Å². The molecule has 2 unspecified atom stereocenters. The Hall–Kier alpha value is -4.90. The van der Waals surface area contributed by atoms with Crippen LogP contribution in [0.25, 0.3) is 27.8 Å². The minimum atomic E-state index is -0.682. The van der Waals surface area contributed by atoms with Crippen molar-refractivity contribution >= 4 is 34.1 Å². The third-order valence-electron chi connectivity index (χ3n) is 9.67. The monoisotopic (exact) mass is 694 g/mol. The average Bonchev–Trinajstić information content (AvgIpc) is 3.61. The Labute approximate surface area is 299 Å². The fraction of sp³-hybridized carbons (Fsp3) is 0.450. The molecule has 3 aromatic carbocycles. The summed E-state index contributed by atoms with van der Waals surface area (Å²) in [5.41, 5.74) is 6.65. The van der Waals surface area contributed by atoms with Crippen molar-refractivity contribution in [1.29, 1.82) is 0 Å². The molecule has 270 valence electrons. The zero-order valence-electron chi connectivity index (χ0n) is 30.6. The lowest BCUT2D eigenvalue weighted by atomic mass is 9.95. The van der Waals surface area contributed by atoms with Gasteiger partial charge in [-0.2, -0.15) is 0 Å². The molecule has 1 aliphatic rings. The number of methoxy groups -OCH3 is 1. The van der Waals surface area contributed by atoms with Gasteiger partial charge in [0.15, 0.2) is 0 Å². The normalized spacial score (nSPS) is 15.7. The van der Waals surface area contributed by atoms with E-state index in [1.165, 1.54) is 0 Å². The predicted molar refractivity (Wildman–Crippen MR) is 200 cm³/mol. The number of alkyl carbamates (subject to hydrolysis) is 1. The second kappa shape index (κ2) is 15.1. The van der Waals surface area contributed by atoms with Crippen LogP contribution in [0.1, 0.15) is 74.9 Å². The number of likely N-dealkylation sites (tertiary alicyclic amines) is 1. The molecule has 0 saturated carbocycles. The molecule has 2 atom stereocenters. The second-order valence-electron chi connectivity index (χ2n) is 14.8. The molecule has 1 fully saturated rings. The van der Waals surface area contributed by atoms with Crippen LogP contribution in [0.15, 0.2) is 65.5 Å². The van der Waals surface area contributed by atoms with Crippen molar-refractivity contribution in [2.45, 2.75) is 90.8 Å². The Kier molecular flexibility index (Phi) is 10.7. The number of rotatable bonds is 11. The van der Waals surface area contributed by atoms with E-state index in [2.05, 4.69) is 20.9 Å². The summed E-state index contributed by atoms with van der Waals surface area (Å²) in [6.07, 6.45) is 2.67. The smallest absolute Gasteiger partial charge is 0.407 e. The number of imidazole rings is 2. The largest absolute Gasteiger partial charge is 0.444 e. The lowest BCUT2D eigenvalue weighted by Crippen LogP contribution is -2.46. The Morgan fingerprint density at radius 2 is 1.78 bits per heavy atom. The first-order chi connectivity index (χ1) is 24.4. The summed E-state index contributed by atoms with van der Waals surface area (Å²) < 4.78 is 14.9. The van der Waals surface area contributed by atoms with Crippen LogP contribution >= 0.6 is 0 Å². The molecular formula is C40H50N6O5. The van der Waals surface area contributed by atoms with Gasteiger partial charge < -0.3 is 29.2 Å². The van der Waals surface area contributed by atoms with Crippen molar-refractivity contribution in [2.24, 2.45) is 0 Å². The maximum absolute atomic E-state index is 14.0. The molecule has 11 heteroatoms. The molecule has 5 aromatic rings. The van der Waals surface area contributed by atoms with Crippen LogP contribution in [0.3, 0.4) is 0 Å². The zero-order chi connectivity index (χ0) is 36.3. The number of hydrogen-bond acceptors (Lipinski definition) is 6. The molecule has 0 radical (unpaired) electrons. The van der Waals surface area contributed by atoms with Crippen LogP contribution in [0, 0.1) is 13.8 Å². The topological polar surface area (TPSA) is 123 Å². The first kappa shape index (κ1) is 35.9. The molecule has 1 aliphatic heterocycles. The number of para-hydroxylation sites is 2. The average molecular weight is 695 g/mol. The number of aromatic amines is 1. The number of nitrogens with one attached hydrogen (secondary N) is 2. The molecule has 2 aromatic heterocycles. The summed E-state index contributed by atoms with van der Waals surface area (Å²) in [5, 5.41) is 2.98. The van der Waals surface area contributed by atoms with Crippen molar-refractivity contribution in [2.75, 3.05) is 26.8 Å². The van der Waals surface area contributed by atoms with Crippen molar-refractivity contribution in [3.05, 3.63) is 93.7 Å². The van der Waals surface area contributed by atoms with E-state index < -0.39 is 17.7 Å². The zero-order valence-corrected chi connectivity index (χ0v) is 30.6. The standard InChI is InChI=1S/C40H50N6O5/c1-26-21-33-35(22-27(26)2)46(38(48)43-33)31-16-14-28(15-17-31)23-30(41-39(49)51-40(3,4)5)24-36(47)44-18-9-11-29(25-44)37-42-32-12-7-8-13-34(32)45(37)19-10-20-50-6/h7-8,12-17,21-22,29-30H,9-11,18-20,23-25H2,1-6H3,(H,41,49)(H,43,48). The van der Waals surface area contributed by atoms with Crippen molar-refractivity contribution in [1.82, 2.24) is 29.3 Å². The number of carbonyl (C=O) groups excluding carboxylic acids is 2. The number of H-pyrrole nitrogens is 1. The molecule has 3 heterocycles. The number of fused-ring (bicyclic) bond motifs is 2. The van der Waals surface area contributed by atoms with E-state index >= 15 is 0 Å². The van der Waals surface area contributed by atoms with E-state index in [-0.39, 0.29) is 23.9 Å². The van der Waals surface area contributed by atoms with Crippen LogP contribution in [0.5, 0.6) is 0 Å². The Bertz CT molecular complexity index is 2070. The summed E-state index contributed by atoms with van der Waals surface area (Å²) in [4.78, 5) is 49.9. The van der Waals surface area contributed by atoms with E-state index in [0.717, 1.165) is 76.1 Å². The highest BCUT2D eigenvalue weighted by Crippen LogP contribution is 2.30. The number of hydrogen-bond donors (Lipinski definition) is 2. The van der Waals surface area contributed by atoms with Gasteiger partial charge in [0.25, 0.3) is 0 Å². The maximum atomic E-state index is 14.0. The first-order valence-electron chi connectivity index (χ1n) is 17.9.